The molecule has 0 heterocycles. The van der Waals surface area contributed by atoms with E-state index >= 15 is 0 Å². The van der Waals surface area contributed by atoms with Gasteiger partial charge in [-0.1, -0.05) is 6.92 Å². The Kier molecular flexibility index (Phi) is 4.82. The first-order chi connectivity index (χ1) is 8.08. The number of aromatic hydroxyl groups is 1. The van der Waals surface area contributed by atoms with Gasteiger partial charge in [0.05, 0.1) is 6.61 Å². The van der Waals surface area contributed by atoms with Crippen LogP contribution in [0.25, 0.3) is 0 Å². The normalized spacial score (nSPS) is 11.9. The molecule has 1 unspecified atom stereocenters. The molecular formula is C13H18O4. The van der Waals surface area contributed by atoms with Crippen LogP contribution in [0.15, 0.2) is 18.2 Å². The summed E-state index contributed by atoms with van der Waals surface area (Å²) in [6, 6.07) is 4.76. The second-order valence-corrected chi connectivity index (χ2v) is 3.72. The molecule has 4 heteroatoms. The van der Waals surface area contributed by atoms with Crippen molar-refractivity contribution in [3.63, 3.8) is 0 Å². The van der Waals surface area contributed by atoms with Crippen LogP contribution >= 0.6 is 0 Å². The Balaban J connectivity index is 2.77. The van der Waals surface area contributed by atoms with Gasteiger partial charge < -0.3 is 14.6 Å². The number of rotatable bonds is 5. The van der Waals surface area contributed by atoms with Gasteiger partial charge in [0.2, 0.25) is 0 Å². The minimum atomic E-state index is -0.599. The Morgan fingerprint density at radius 2 is 2.12 bits per heavy atom. The Morgan fingerprint density at radius 3 is 2.65 bits per heavy atom. The number of hydrogen-bond acceptors (Lipinski definition) is 4. The quantitative estimate of drug-likeness (QED) is 0.800. The van der Waals surface area contributed by atoms with Crippen molar-refractivity contribution in [2.45, 2.75) is 33.3 Å². The zero-order chi connectivity index (χ0) is 12.8. The molecule has 1 aromatic rings. The van der Waals surface area contributed by atoms with Gasteiger partial charge >= 0.3 is 5.97 Å². The van der Waals surface area contributed by atoms with Gasteiger partial charge in [-0.3, -0.25) is 0 Å². The predicted molar refractivity (Wildman–Crippen MR) is 64.2 cm³/mol. The number of aryl methyl sites for hydroxylation is 1. The second-order valence-electron chi connectivity index (χ2n) is 3.72. The van der Waals surface area contributed by atoms with E-state index in [1.54, 1.807) is 19.1 Å². The molecule has 0 spiro atoms. The molecule has 0 aliphatic rings. The van der Waals surface area contributed by atoms with Gasteiger partial charge in [0.25, 0.3) is 0 Å². The summed E-state index contributed by atoms with van der Waals surface area (Å²) < 4.78 is 10.5. The molecule has 0 aromatic heterocycles. The van der Waals surface area contributed by atoms with Gasteiger partial charge in [0.15, 0.2) is 6.10 Å². The molecule has 1 N–H and O–H groups in total. The Bertz CT molecular complexity index is 387. The fraction of sp³-hybridized carbons (Fsp3) is 0.462. The highest BCUT2D eigenvalue weighted by atomic mass is 16.6. The van der Waals surface area contributed by atoms with E-state index in [1.165, 1.54) is 6.07 Å². The third kappa shape index (κ3) is 3.66. The molecule has 0 aliphatic carbocycles. The molecule has 0 radical (unpaired) electrons. The first kappa shape index (κ1) is 13.4. The molecule has 94 valence electrons. The van der Waals surface area contributed by atoms with E-state index in [4.69, 9.17) is 9.47 Å². The number of phenolic OH excluding ortho intramolecular Hbond substituents is 1. The second kappa shape index (κ2) is 6.13. The van der Waals surface area contributed by atoms with Crippen LogP contribution in [0.5, 0.6) is 11.5 Å². The first-order valence-electron chi connectivity index (χ1n) is 5.71. The van der Waals surface area contributed by atoms with Crippen LogP contribution in [0, 0.1) is 6.92 Å². The molecule has 1 aromatic carbocycles. The standard InChI is InChI=1S/C13H18O4/c1-4-11(13(15)16-5-2)17-12-7-6-10(14)8-9(12)3/h6-8,11,14H,4-5H2,1-3H3. The maximum Gasteiger partial charge on any atom is 0.347 e. The van der Waals surface area contributed by atoms with Gasteiger partial charge in [-0.2, -0.15) is 0 Å². The number of benzene rings is 1. The Morgan fingerprint density at radius 1 is 1.41 bits per heavy atom. The lowest BCUT2D eigenvalue weighted by Crippen LogP contribution is -2.28. The van der Waals surface area contributed by atoms with Crippen molar-refractivity contribution in [3.05, 3.63) is 23.8 Å². The summed E-state index contributed by atoms with van der Waals surface area (Å²) >= 11 is 0. The van der Waals surface area contributed by atoms with Crippen LogP contribution in [-0.2, 0) is 9.53 Å². The van der Waals surface area contributed by atoms with Gasteiger partial charge in [0.1, 0.15) is 11.5 Å². The summed E-state index contributed by atoms with van der Waals surface area (Å²) in [4.78, 5) is 11.6. The van der Waals surface area contributed by atoms with Crippen molar-refractivity contribution in [1.29, 1.82) is 0 Å². The molecule has 0 saturated carbocycles. The number of esters is 1. The highest BCUT2D eigenvalue weighted by Gasteiger charge is 2.20. The monoisotopic (exact) mass is 238 g/mol. The zero-order valence-corrected chi connectivity index (χ0v) is 10.4. The van der Waals surface area contributed by atoms with Crippen LogP contribution < -0.4 is 4.74 Å². The highest BCUT2D eigenvalue weighted by molar-refractivity contribution is 5.75. The Hall–Kier alpha value is -1.71. The van der Waals surface area contributed by atoms with Crippen molar-refractivity contribution in [1.82, 2.24) is 0 Å². The minimum Gasteiger partial charge on any atom is -0.508 e. The lowest BCUT2D eigenvalue weighted by atomic mass is 10.2. The maximum absolute atomic E-state index is 11.6. The summed E-state index contributed by atoms with van der Waals surface area (Å²) in [6.07, 6.45) is -0.0581. The van der Waals surface area contributed by atoms with Crippen LogP contribution in [0.4, 0.5) is 0 Å². The van der Waals surface area contributed by atoms with E-state index in [1.807, 2.05) is 13.8 Å². The van der Waals surface area contributed by atoms with E-state index in [2.05, 4.69) is 0 Å². The van der Waals surface area contributed by atoms with Crippen molar-refractivity contribution in [2.75, 3.05) is 6.61 Å². The number of carbonyl (C=O) groups excluding carboxylic acids is 1. The number of ether oxygens (including phenoxy) is 2. The first-order valence-corrected chi connectivity index (χ1v) is 5.71. The van der Waals surface area contributed by atoms with Gasteiger partial charge in [-0.25, -0.2) is 4.79 Å². The Labute approximate surface area is 101 Å². The SMILES string of the molecule is CCOC(=O)C(CC)Oc1ccc(O)cc1C. The minimum absolute atomic E-state index is 0.180. The molecule has 1 atom stereocenters. The predicted octanol–water partition coefficient (Wildman–Crippen LogP) is 2.42. The molecule has 17 heavy (non-hydrogen) atoms. The van der Waals surface area contributed by atoms with Crippen molar-refractivity contribution >= 4 is 5.97 Å². The molecule has 0 amide bonds. The molecule has 0 fully saturated rings. The van der Waals surface area contributed by atoms with Crippen molar-refractivity contribution < 1.29 is 19.4 Å². The van der Waals surface area contributed by atoms with E-state index in [0.717, 1.165) is 5.56 Å². The van der Waals surface area contributed by atoms with Crippen molar-refractivity contribution in [3.8, 4) is 11.5 Å². The summed E-state index contributed by atoms with van der Waals surface area (Å²) in [5.74, 6) is 0.407. The zero-order valence-electron chi connectivity index (χ0n) is 10.4. The summed E-state index contributed by atoms with van der Waals surface area (Å²) in [5.41, 5.74) is 0.785. The fourth-order valence-corrected chi connectivity index (χ4v) is 1.45. The largest absolute Gasteiger partial charge is 0.508 e. The molecule has 0 bridgehead atoms. The number of hydrogen-bond donors (Lipinski definition) is 1. The van der Waals surface area contributed by atoms with Gasteiger partial charge in [0, 0.05) is 0 Å². The number of carbonyl (C=O) groups is 1. The number of phenols is 1. The molecule has 4 nitrogen and oxygen atoms in total. The van der Waals surface area contributed by atoms with Gasteiger partial charge in [-0.05, 0) is 44.0 Å². The maximum atomic E-state index is 11.6. The summed E-state index contributed by atoms with van der Waals surface area (Å²) in [7, 11) is 0. The average Bonchev–Trinajstić information content (AvgIpc) is 2.28. The topological polar surface area (TPSA) is 55.8 Å². The van der Waals surface area contributed by atoms with Gasteiger partial charge in [-0.15, -0.1) is 0 Å². The van der Waals surface area contributed by atoms with Crippen LogP contribution in [-0.4, -0.2) is 23.8 Å². The third-order valence-electron chi connectivity index (χ3n) is 2.35. The van der Waals surface area contributed by atoms with Crippen LogP contribution in [0.1, 0.15) is 25.8 Å². The van der Waals surface area contributed by atoms with E-state index in [-0.39, 0.29) is 11.7 Å². The van der Waals surface area contributed by atoms with Crippen LogP contribution in [0.2, 0.25) is 0 Å². The smallest absolute Gasteiger partial charge is 0.347 e. The molecule has 1 rings (SSSR count). The lowest BCUT2D eigenvalue weighted by molar-refractivity contribution is -0.151. The fourth-order valence-electron chi connectivity index (χ4n) is 1.45. The van der Waals surface area contributed by atoms with Crippen molar-refractivity contribution in [2.24, 2.45) is 0 Å². The molecule has 0 aliphatic heterocycles. The summed E-state index contributed by atoms with van der Waals surface area (Å²) in [6.45, 7) is 5.77. The molecule has 0 saturated heterocycles. The average molecular weight is 238 g/mol. The lowest BCUT2D eigenvalue weighted by Gasteiger charge is -2.17. The van der Waals surface area contributed by atoms with E-state index in [0.29, 0.717) is 18.8 Å². The third-order valence-corrected chi connectivity index (χ3v) is 2.35. The highest BCUT2D eigenvalue weighted by Crippen LogP contribution is 2.24. The summed E-state index contributed by atoms with van der Waals surface area (Å²) in [5, 5.41) is 9.28. The van der Waals surface area contributed by atoms with E-state index in [9.17, 15) is 9.90 Å². The van der Waals surface area contributed by atoms with E-state index < -0.39 is 6.10 Å². The van der Waals surface area contributed by atoms with Crippen LogP contribution in [0.3, 0.4) is 0 Å². The molecular weight excluding hydrogens is 220 g/mol.